The second-order valence-corrected chi connectivity index (χ2v) is 4.87. The zero-order valence-corrected chi connectivity index (χ0v) is 12.8. The molecule has 0 aromatic carbocycles. The van der Waals surface area contributed by atoms with Gasteiger partial charge in [0.15, 0.2) is 17.2 Å². The van der Waals surface area contributed by atoms with E-state index in [1.165, 1.54) is 36.5 Å². The highest BCUT2D eigenvalue weighted by Crippen LogP contribution is 2.16. The zero-order chi connectivity index (χ0) is 16.6. The van der Waals surface area contributed by atoms with Crippen LogP contribution in [0.4, 0.5) is 0 Å². The van der Waals surface area contributed by atoms with Crippen LogP contribution in [-0.2, 0) is 23.6 Å². The smallest absolute Gasteiger partial charge is 0.335 e. The minimum Gasteiger partial charge on any atom is -0.464 e. The van der Waals surface area contributed by atoms with E-state index in [1.807, 2.05) is 0 Å². The van der Waals surface area contributed by atoms with Gasteiger partial charge in [-0.3, -0.25) is 13.9 Å². The Balaban J connectivity index is 2.81. The van der Waals surface area contributed by atoms with Crippen LogP contribution in [0.1, 0.15) is 19.9 Å². The molecular formula is C13H17N5O4. The van der Waals surface area contributed by atoms with Crippen LogP contribution in [0.25, 0.3) is 11.2 Å². The Hall–Kier alpha value is -2.71. The molecular weight excluding hydrogens is 290 g/mol. The molecule has 1 atom stereocenters. The van der Waals surface area contributed by atoms with Gasteiger partial charge in [0.1, 0.15) is 0 Å². The molecule has 0 aliphatic heterocycles. The first kappa shape index (κ1) is 15.7. The fourth-order valence-corrected chi connectivity index (χ4v) is 2.28. The Morgan fingerprint density at radius 3 is 2.55 bits per heavy atom. The quantitative estimate of drug-likeness (QED) is 0.609. The van der Waals surface area contributed by atoms with Gasteiger partial charge in [-0.1, -0.05) is 0 Å². The normalized spacial score (nSPS) is 12.4. The van der Waals surface area contributed by atoms with Gasteiger partial charge < -0.3 is 14.7 Å². The Morgan fingerprint density at radius 1 is 1.36 bits per heavy atom. The maximum absolute atomic E-state index is 12.4. The fourth-order valence-electron chi connectivity index (χ4n) is 2.28. The summed E-state index contributed by atoms with van der Waals surface area (Å²) in [7, 11) is 2.83. The van der Waals surface area contributed by atoms with Gasteiger partial charge in [0.25, 0.3) is 5.56 Å². The molecule has 9 nitrogen and oxygen atoms in total. The number of aryl methyl sites for hydroxylation is 1. The zero-order valence-electron chi connectivity index (χ0n) is 12.8. The summed E-state index contributed by atoms with van der Waals surface area (Å²) in [5.74, 6) is -0.648. The van der Waals surface area contributed by atoms with Crippen molar-refractivity contribution in [1.82, 2.24) is 18.7 Å². The summed E-state index contributed by atoms with van der Waals surface area (Å²) in [4.78, 5) is 40.4. The van der Waals surface area contributed by atoms with E-state index in [1.54, 1.807) is 6.92 Å². The molecule has 0 fully saturated rings. The van der Waals surface area contributed by atoms with Crippen molar-refractivity contribution in [3.63, 3.8) is 0 Å². The van der Waals surface area contributed by atoms with E-state index in [0.29, 0.717) is 0 Å². The molecule has 1 N–H and O–H groups in total. The molecule has 0 saturated carbocycles. The van der Waals surface area contributed by atoms with Crippen LogP contribution in [0, 0.1) is 5.41 Å². The number of fused-ring (bicyclic) bond motifs is 1. The number of hydrogen-bond acceptors (Lipinski definition) is 6. The Labute approximate surface area is 125 Å². The van der Waals surface area contributed by atoms with Gasteiger partial charge in [-0.2, -0.15) is 0 Å². The molecule has 0 radical (unpaired) electrons. The molecule has 0 saturated heterocycles. The number of esters is 1. The standard InChI is InChI=1S/C13H17N5O4/c1-5-22-12(20)8(7(2)14)18-6-15-10-9(18)11(19)17(4)13(21)16(10)3/h6,8,14H,5H2,1-4H3. The van der Waals surface area contributed by atoms with Crippen LogP contribution >= 0.6 is 0 Å². The number of imidazole rings is 1. The SMILES string of the molecule is CCOC(=O)C(C(C)=N)n1cnc2c1c(=O)n(C)c(=O)n2C. The van der Waals surface area contributed by atoms with Crippen molar-refractivity contribution in [3.05, 3.63) is 27.2 Å². The lowest BCUT2D eigenvalue weighted by atomic mass is 10.2. The summed E-state index contributed by atoms with van der Waals surface area (Å²) in [6.07, 6.45) is 1.27. The fraction of sp³-hybridized carbons (Fsp3) is 0.462. The van der Waals surface area contributed by atoms with Gasteiger partial charge in [-0.05, 0) is 13.8 Å². The third-order valence-corrected chi connectivity index (χ3v) is 3.37. The number of nitrogens with one attached hydrogen (secondary N) is 1. The summed E-state index contributed by atoms with van der Waals surface area (Å²) in [6, 6.07) is -1.09. The van der Waals surface area contributed by atoms with E-state index in [2.05, 4.69) is 4.98 Å². The summed E-state index contributed by atoms with van der Waals surface area (Å²) in [5.41, 5.74) is -0.847. The van der Waals surface area contributed by atoms with Crippen molar-refractivity contribution in [2.24, 2.45) is 14.1 Å². The van der Waals surface area contributed by atoms with Gasteiger partial charge in [0.05, 0.1) is 12.9 Å². The Morgan fingerprint density at radius 2 is 2.00 bits per heavy atom. The maximum atomic E-state index is 12.4. The van der Waals surface area contributed by atoms with Crippen LogP contribution in [-0.4, -0.2) is 37.0 Å². The second-order valence-electron chi connectivity index (χ2n) is 4.87. The van der Waals surface area contributed by atoms with E-state index in [4.69, 9.17) is 10.1 Å². The maximum Gasteiger partial charge on any atom is 0.335 e. The monoisotopic (exact) mass is 307 g/mol. The van der Waals surface area contributed by atoms with Crippen LogP contribution in [0.3, 0.4) is 0 Å². The van der Waals surface area contributed by atoms with Gasteiger partial charge >= 0.3 is 11.7 Å². The molecule has 0 aliphatic carbocycles. The molecule has 0 amide bonds. The van der Waals surface area contributed by atoms with Crippen molar-refractivity contribution in [1.29, 1.82) is 5.41 Å². The van der Waals surface area contributed by atoms with Gasteiger partial charge in [0.2, 0.25) is 0 Å². The topological polar surface area (TPSA) is 112 Å². The van der Waals surface area contributed by atoms with Crippen LogP contribution < -0.4 is 11.2 Å². The molecule has 9 heteroatoms. The number of rotatable bonds is 4. The van der Waals surface area contributed by atoms with Crippen molar-refractivity contribution in [2.75, 3.05) is 6.61 Å². The van der Waals surface area contributed by atoms with E-state index < -0.39 is 23.3 Å². The molecule has 2 aromatic heterocycles. The number of carbonyl (C=O) groups excluding carboxylic acids is 1. The van der Waals surface area contributed by atoms with Gasteiger partial charge in [0, 0.05) is 19.8 Å². The third-order valence-electron chi connectivity index (χ3n) is 3.37. The highest BCUT2D eigenvalue weighted by atomic mass is 16.5. The van der Waals surface area contributed by atoms with Crippen molar-refractivity contribution in [3.8, 4) is 0 Å². The first-order valence-electron chi connectivity index (χ1n) is 6.65. The van der Waals surface area contributed by atoms with Gasteiger partial charge in [-0.15, -0.1) is 0 Å². The predicted octanol–water partition coefficient (Wildman–Crippen LogP) is -0.422. The Kier molecular flexibility index (Phi) is 3.98. The minimum absolute atomic E-state index is 0.00801. The molecule has 2 rings (SSSR count). The molecule has 22 heavy (non-hydrogen) atoms. The van der Waals surface area contributed by atoms with Crippen molar-refractivity contribution in [2.45, 2.75) is 19.9 Å². The van der Waals surface area contributed by atoms with Gasteiger partial charge in [-0.25, -0.2) is 14.6 Å². The largest absolute Gasteiger partial charge is 0.464 e. The molecule has 0 bridgehead atoms. The van der Waals surface area contributed by atoms with E-state index in [0.717, 1.165) is 4.57 Å². The predicted molar refractivity (Wildman–Crippen MR) is 79.3 cm³/mol. The molecule has 118 valence electrons. The van der Waals surface area contributed by atoms with Crippen LogP contribution in [0.15, 0.2) is 15.9 Å². The van der Waals surface area contributed by atoms with E-state index >= 15 is 0 Å². The summed E-state index contributed by atoms with van der Waals surface area (Å²) in [5, 5.41) is 7.81. The average Bonchev–Trinajstić information content (AvgIpc) is 2.87. The first-order chi connectivity index (χ1) is 10.3. The number of aromatic nitrogens is 4. The number of hydrogen-bond donors (Lipinski definition) is 1. The minimum atomic E-state index is -1.09. The Bertz CT molecular complexity index is 873. The number of carbonyl (C=O) groups is 1. The van der Waals surface area contributed by atoms with Crippen LogP contribution in [0.5, 0.6) is 0 Å². The first-order valence-corrected chi connectivity index (χ1v) is 6.65. The molecule has 2 aromatic rings. The molecule has 0 spiro atoms. The van der Waals surface area contributed by atoms with E-state index in [9.17, 15) is 14.4 Å². The van der Waals surface area contributed by atoms with Crippen LogP contribution in [0.2, 0.25) is 0 Å². The average molecular weight is 307 g/mol. The summed E-state index contributed by atoms with van der Waals surface area (Å²) < 4.78 is 8.38. The molecule has 2 heterocycles. The number of ether oxygens (including phenoxy) is 1. The van der Waals surface area contributed by atoms with Crippen molar-refractivity contribution < 1.29 is 9.53 Å². The lowest BCUT2D eigenvalue weighted by Gasteiger charge is -2.16. The lowest BCUT2D eigenvalue weighted by Crippen LogP contribution is -2.38. The summed E-state index contributed by atoms with van der Waals surface area (Å²) >= 11 is 0. The molecule has 0 aliphatic rings. The van der Waals surface area contributed by atoms with Crippen molar-refractivity contribution >= 4 is 22.8 Å². The third kappa shape index (κ3) is 2.24. The highest BCUT2D eigenvalue weighted by molar-refractivity contribution is 6.02. The number of nitrogens with zero attached hydrogens (tertiary/aromatic N) is 4. The second kappa shape index (κ2) is 5.58. The summed E-state index contributed by atoms with van der Waals surface area (Å²) in [6.45, 7) is 3.26. The lowest BCUT2D eigenvalue weighted by molar-refractivity contribution is -0.144. The van der Waals surface area contributed by atoms with E-state index in [-0.39, 0.29) is 23.5 Å². The highest BCUT2D eigenvalue weighted by Gasteiger charge is 2.28. The molecule has 1 unspecified atom stereocenters.